The van der Waals surface area contributed by atoms with Crippen molar-refractivity contribution in [3.8, 4) is 6.07 Å². The van der Waals surface area contributed by atoms with Gasteiger partial charge in [-0.2, -0.15) is 5.26 Å². The Morgan fingerprint density at radius 1 is 1.00 bits per heavy atom. The molecule has 0 amide bonds. The molecule has 2 unspecified atom stereocenters. The molecule has 2 aromatic rings. The van der Waals surface area contributed by atoms with Crippen LogP contribution in [0.25, 0.3) is 0 Å². The van der Waals surface area contributed by atoms with Crippen molar-refractivity contribution in [1.29, 1.82) is 5.26 Å². The molecule has 1 fully saturated rings. The summed E-state index contributed by atoms with van der Waals surface area (Å²) in [7, 11) is -3.46. The fraction of sp³-hybridized carbons (Fsp3) is 0.188. The lowest BCUT2D eigenvalue weighted by atomic mass is 9.98. The van der Waals surface area contributed by atoms with E-state index in [1.165, 1.54) is 0 Å². The van der Waals surface area contributed by atoms with Crippen LogP contribution >= 0.6 is 0 Å². The first-order valence-corrected chi connectivity index (χ1v) is 7.91. The maximum Gasteiger partial charge on any atom is 0.183 e. The van der Waals surface area contributed by atoms with Gasteiger partial charge in [0.15, 0.2) is 9.84 Å². The molecule has 0 heterocycles. The molecule has 4 heteroatoms. The van der Waals surface area contributed by atoms with E-state index in [9.17, 15) is 13.7 Å². The molecule has 0 saturated heterocycles. The van der Waals surface area contributed by atoms with E-state index in [-0.39, 0.29) is 4.90 Å². The molecule has 0 radical (unpaired) electrons. The van der Waals surface area contributed by atoms with Gasteiger partial charge in [0.1, 0.15) is 5.41 Å². The van der Waals surface area contributed by atoms with Crippen molar-refractivity contribution in [2.24, 2.45) is 0 Å². The Kier molecular flexibility index (Phi) is 2.88. The molecular weight excluding hydrogens is 270 g/mol. The molecule has 0 N–H and O–H groups in total. The van der Waals surface area contributed by atoms with E-state index >= 15 is 0 Å². The molecule has 1 saturated carbocycles. The highest BCUT2D eigenvalue weighted by Gasteiger charge is 2.63. The lowest BCUT2D eigenvalue weighted by Crippen LogP contribution is -2.18. The zero-order valence-electron chi connectivity index (χ0n) is 10.7. The van der Waals surface area contributed by atoms with E-state index < -0.39 is 20.5 Å². The maximum absolute atomic E-state index is 12.6. The van der Waals surface area contributed by atoms with Crippen LogP contribution in [-0.2, 0) is 15.3 Å². The first-order valence-electron chi connectivity index (χ1n) is 6.37. The second-order valence-electron chi connectivity index (χ2n) is 5.00. The minimum absolute atomic E-state index is 0.290. The fourth-order valence-corrected chi connectivity index (χ4v) is 4.67. The van der Waals surface area contributed by atoms with Crippen molar-refractivity contribution in [1.82, 2.24) is 0 Å². The van der Waals surface area contributed by atoms with Gasteiger partial charge in [-0.05, 0) is 24.1 Å². The molecule has 2 aromatic carbocycles. The van der Waals surface area contributed by atoms with Gasteiger partial charge in [-0.15, -0.1) is 0 Å². The van der Waals surface area contributed by atoms with Crippen LogP contribution in [0.4, 0.5) is 0 Å². The molecule has 0 bridgehead atoms. The maximum atomic E-state index is 12.6. The number of nitriles is 1. The fourth-order valence-electron chi connectivity index (χ4n) is 2.60. The van der Waals surface area contributed by atoms with Crippen LogP contribution in [0.2, 0.25) is 0 Å². The molecular formula is C16H13NO2S. The van der Waals surface area contributed by atoms with Crippen LogP contribution in [0.3, 0.4) is 0 Å². The molecule has 100 valence electrons. The zero-order valence-corrected chi connectivity index (χ0v) is 11.5. The third-order valence-corrected chi connectivity index (χ3v) is 6.08. The first-order chi connectivity index (χ1) is 9.61. The van der Waals surface area contributed by atoms with Gasteiger partial charge in [-0.25, -0.2) is 8.42 Å². The lowest BCUT2D eigenvalue weighted by molar-refractivity contribution is 0.592. The standard InChI is InChI=1S/C16H13NO2S/c17-12-16(13-7-3-1-4-8-13)11-15(16)20(18,19)14-9-5-2-6-10-14/h1-10,15H,11H2. The van der Waals surface area contributed by atoms with Crippen molar-refractivity contribution in [2.45, 2.75) is 22.0 Å². The zero-order chi connectivity index (χ0) is 14.2. The van der Waals surface area contributed by atoms with Crippen LogP contribution in [-0.4, -0.2) is 13.7 Å². The first kappa shape index (κ1) is 12.9. The van der Waals surface area contributed by atoms with Gasteiger partial charge in [0, 0.05) is 0 Å². The van der Waals surface area contributed by atoms with Crippen molar-refractivity contribution in [3.63, 3.8) is 0 Å². The van der Waals surface area contributed by atoms with E-state index in [1.807, 2.05) is 30.3 Å². The normalized spacial score (nSPS) is 24.9. The largest absolute Gasteiger partial charge is 0.223 e. The third kappa shape index (κ3) is 1.83. The average Bonchev–Trinajstić information content (AvgIpc) is 3.26. The molecule has 1 aliphatic rings. The van der Waals surface area contributed by atoms with Crippen molar-refractivity contribution >= 4 is 9.84 Å². The number of nitrogens with zero attached hydrogens (tertiary/aromatic N) is 1. The molecule has 1 aliphatic carbocycles. The van der Waals surface area contributed by atoms with Gasteiger partial charge in [-0.3, -0.25) is 0 Å². The van der Waals surface area contributed by atoms with Crippen LogP contribution < -0.4 is 0 Å². The SMILES string of the molecule is N#CC1(c2ccccc2)CC1S(=O)(=O)c1ccccc1. The van der Waals surface area contributed by atoms with Gasteiger partial charge in [-0.1, -0.05) is 48.5 Å². The van der Waals surface area contributed by atoms with Crippen LogP contribution in [0, 0.1) is 11.3 Å². The number of rotatable bonds is 3. The molecule has 3 rings (SSSR count). The summed E-state index contributed by atoms with van der Waals surface area (Å²) in [5, 5.41) is 8.83. The van der Waals surface area contributed by atoms with Crippen molar-refractivity contribution < 1.29 is 8.42 Å². The molecule has 2 atom stereocenters. The number of sulfone groups is 1. The van der Waals surface area contributed by atoms with Crippen LogP contribution in [0.1, 0.15) is 12.0 Å². The highest BCUT2D eigenvalue weighted by Crippen LogP contribution is 2.53. The summed E-state index contributed by atoms with van der Waals surface area (Å²) in [6, 6.07) is 19.7. The van der Waals surface area contributed by atoms with Gasteiger partial charge in [0.25, 0.3) is 0 Å². The lowest BCUT2D eigenvalue weighted by Gasteiger charge is -2.09. The summed E-state index contributed by atoms with van der Waals surface area (Å²) in [6.45, 7) is 0. The van der Waals surface area contributed by atoms with Gasteiger partial charge >= 0.3 is 0 Å². The van der Waals surface area contributed by atoms with Crippen molar-refractivity contribution in [3.05, 3.63) is 66.2 Å². The minimum Gasteiger partial charge on any atom is -0.223 e. The molecule has 0 aromatic heterocycles. The Morgan fingerprint density at radius 3 is 2.10 bits per heavy atom. The van der Waals surface area contributed by atoms with Crippen molar-refractivity contribution in [2.75, 3.05) is 0 Å². The molecule has 3 nitrogen and oxygen atoms in total. The molecule has 0 spiro atoms. The molecule has 0 aliphatic heterocycles. The Morgan fingerprint density at radius 2 is 1.55 bits per heavy atom. The highest BCUT2D eigenvalue weighted by molar-refractivity contribution is 7.92. The topological polar surface area (TPSA) is 57.9 Å². The monoisotopic (exact) mass is 283 g/mol. The van der Waals surface area contributed by atoms with Gasteiger partial charge in [0.05, 0.1) is 16.2 Å². The van der Waals surface area contributed by atoms with E-state index in [4.69, 9.17) is 0 Å². The third-order valence-electron chi connectivity index (χ3n) is 3.83. The number of hydrogen-bond acceptors (Lipinski definition) is 3. The Labute approximate surface area is 118 Å². The van der Waals surface area contributed by atoms with Gasteiger partial charge in [0.2, 0.25) is 0 Å². The van der Waals surface area contributed by atoms with Gasteiger partial charge < -0.3 is 0 Å². The van der Waals surface area contributed by atoms with E-state index in [0.29, 0.717) is 6.42 Å². The minimum atomic E-state index is -3.46. The van der Waals surface area contributed by atoms with Crippen LogP contribution in [0.15, 0.2) is 65.6 Å². The Bertz CT molecular complexity index is 763. The second kappa shape index (κ2) is 4.46. The number of hydrogen-bond donors (Lipinski definition) is 0. The Balaban J connectivity index is 2.01. The van der Waals surface area contributed by atoms with E-state index in [1.54, 1.807) is 30.3 Å². The predicted octanol–water partition coefficient (Wildman–Crippen LogP) is 2.69. The quantitative estimate of drug-likeness (QED) is 0.870. The summed E-state index contributed by atoms with van der Waals surface area (Å²) in [5.41, 5.74) is -0.109. The summed E-state index contributed by atoms with van der Waals surface area (Å²) >= 11 is 0. The van der Waals surface area contributed by atoms with E-state index in [2.05, 4.69) is 6.07 Å². The summed E-state index contributed by atoms with van der Waals surface area (Å²) in [6.07, 6.45) is 0.366. The average molecular weight is 283 g/mol. The van der Waals surface area contributed by atoms with E-state index in [0.717, 1.165) is 5.56 Å². The summed E-state index contributed by atoms with van der Waals surface area (Å²) in [5.74, 6) is 0. The number of benzene rings is 2. The highest BCUT2D eigenvalue weighted by atomic mass is 32.2. The molecule has 20 heavy (non-hydrogen) atoms. The second-order valence-corrected chi connectivity index (χ2v) is 7.13. The van der Waals surface area contributed by atoms with Crippen LogP contribution in [0.5, 0.6) is 0 Å². The summed E-state index contributed by atoms with van der Waals surface area (Å²) in [4.78, 5) is 0.290. The Hall–Kier alpha value is -2.12. The smallest absolute Gasteiger partial charge is 0.183 e. The summed E-state index contributed by atoms with van der Waals surface area (Å²) < 4.78 is 25.2. The predicted molar refractivity (Wildman–Crippen MR) is 75.8 cm³/mol.